The van der Waals surface area contributed by atoms with Gasteiger partial charge in [-0.2, -0.15) is 0 Å². The number of aromatic nitrogens is 1. The fourth-order valence-electron chi connectivity index (χ4n) is 1.79. The number of rotatable bonds is 5. The predicted octanol–water partition coefficient (Wildman–Crippen LogP) is 2.56. The van der Waals surface area contributed by atoms with Gasteiger partial charge in [-0.3, -0.25) is 9.59 Å². The van der Waals surface area contributed by atoms with Crippen LogP contribution in [0.15, 0.2) is 22.6 Å². The van der Waals surface area contributed by atoms with Crippen LogP contribution in [0.5, 0.6) is 0 Å². The second-order valence-electron chi connectivity index (χ2n) is 4.77. The van der Waals surface area contributed by atoms with Crippen LogP contribution in [0.25, 0.3) is 11.1 Å². The normalized spacial score (nSPS) is 10.8. The average Bonchev–Trinajstić information content (AvgIpc) is 2.76. The summed E-state index contributed by atoms with van der Waals surface area (Å²) in [7, 11) is 0. The number of fused-ring (bicyclic) bond motifs is 1. The maximum atomic E-state index is 12.0. The van der Waals surface area contributed by atoms with Gasteiger partial charge in [-0.1, -0.05) is 0 Å². The third-order valence-corrected chi connectivity index (χ3v) is 2.85. The molecule has 0 saturated carbocycles. The second-order valence-corrected chi connectivity index (χ2v) is 5.14. The first-order valence-electron chi connectivity index (χ1n) is 6.56. The third kappa shape index (κ3) is 4.16. The van der Waals surface area contributed by atoms with Gasteiger partial charge in [-0.15, -0.1) is 0 Å². The summed E-state index contributed by atoms with van der Waals surface area (Å²) < 4.78 is 10.2. The smallest absolute Gasteiger partial charge is 0.307 e. The van der Waals surface area contributed by atoms with E-state index >= 15 is 0 Å². The maximum absolute atomic E-state index is 12.0. The number of aromatic amines is 1. The van der Waals surface area contributed by atoms with Crippen LogP contribution < -0.4 is 5.32 Å². The Morgan fingerprint density at radius 3 is 2.90 bits per heavy atom. The van der Waals surface area contributed by atoms with Crippen LogP contribution in [0.3, 0.4) is 0 Å². The molecule has 112 valence electrons. The lowest BCUT2D eigenvalue weighted by Crippen LogP contribution is -2.27. The lowest BCUT2D eigenvalue weighted by atomic mass is 10.2. The standard InChI is InChI=1S/C14H16N2O4S/c1-8(2)19-12(17)5-6-15-13(18)9-3-4-10-11(7-9)20-14(21)16-10/h3-4,7-8H,5-6H2,1-2H3,(H,15,18)(H,16,21). The van der Waals surface area contributed by atoms with Crippen molar-refractivity contribution in [2.24, 2.45) is 0 Å². The summed E-state index contributed by atoms with van der Waals surface area (Å²) in [5.74, 6) is -0.617. The molecule has 1 aromatic heterocycles. The minimum absolute atomic E-state index is 0.136. The highest BCUT2D eigenvalue weighted by molar-refractivity contribution is 7.71. The molecule has 0 aliphatic rings. The monoisotopic (exact) mass is 308 g/mol. The Hall–Kier alpha value is -2.15. The van der Waals surface area contributed by atoms with Crippen molar-refractivity contribution in [3.63, 3.8) is 0 Å². The first-order valence-corrected chi connectivity index (χ1v) is 6.97. The van der Waals surface area contributed by atoms with Crippen LogP contribution in [0.2, 0.25) is 0 Å². The zero-order chi connectivity index (χ0) is 15.4. The zero-order valence-electron chi connectivity index (χ0n) is 11.8. The lowest BCUT2D eigenvalue weighted by molar-refractivity contribution is -0.147. The molecule has 0 saturated heterocycles. The minimum atomic E-state index is -0.336. The summed E-state index contributed by atoms with van der Waals surface area (Å²) in [4.78, 5) is 26.4. The number of hydrogen-bond donors (Lipinski definition) is 2. The highest BCUT2D eigenvalue weighted by atomic mass is 32.1. The molecule has 0 aliphatic heterocycles. The molecule has 1 amide bonds. The van der Waals surface area contributed by atoms with Crippen LogP contribution in [0.4, 0.5) is 0 Å². The van der Waals surface area contributed by atoms with E-state index in [0.29, 0.717) is 11.1 Å². The van der Waals surface area contributed by atoms with Crippen molar-refractivity contribution >= 4 is 35.2 Å². The van der Waals surface area contributed by atoms with Crippen molar-refractivity contribution in [1.82, 2.24) is 10.3 Å². The van der Waals surface area contributed by atoms with E-state index in [-0.39, 0.29) is 35.8 Å². The van der Waals surface area contributed by atoms with Crippen LogP contribution in [0, 0.1) is 4.84 Å². The number of esters is 1. The van der Waals surface area contributed by atoms with Gasteiger partial charge in [-0.05, 0) is 44.3 Å². The van der Waals surface area contributed by atoms with Gasteiger partial charge in [0.2, 0.25) is 0 Å². The van der Waals surface area contributed by atoms with E-state index < -0.39 is 0 Å². The van der Waals surface area contributed by atoms with Crippen molar-refractivity contribution < 1.29 is 18.7 Å². The van der Waals surface area contributed by atoms with Gasteiger partial charge in [0.15, 0.2) is 5.58 Å². The molecule has 0 radical (unpaired) electrons. The van der Waals surface area contributed by atoms with Gasteiger partial charge in [0, 0.05) is 12.1 Å². The minimum Gasteiger partial charge on any atom is -0.463 e. The Labute approximate surface area is 126 Å². The van der Waals surface area contributed by atoms with Gasteiger partial charge < -0.3 is 19.5 Å². The summed E-state index contributed by atoms with van der Waals surface area (Å²) in [5, 5.41) is 2.66. The number of oxazole rings is 1. The van der Waals surface area contributed by atoms with Gasteiger partial charge in [-0.25, -0.2) is 0 Å². The summed E-state index contributed by atoms with van der Waals surface area (Å²) in [6.45, 7) is 3.78. The van der Waals surface area contributed by atoms with E-state index in [1.165, 1.54) is 0 Å². The van der Waals surface area contributed by atoms with Crippen molar-refractivity contribution in [3.8, 4) is 0 Å². The number of H-pyrrole nitrogens is 1. The lowest BCUT2D eigenvalue weighted by Gasteiger charge is -2.08. The number of amides is 1. The largest absolute Gasteiger partial charge is 0.463 e. The van der Waals surface area contributed by atoms with Crippen molar-refractivity contribution in [3.05, 3.63) is 28.6 Å². The molecule has 0 spiro atoms. The molecule has 0 aliphatic carbocycles. The summed E-state index contributed by atoms with van der Waals surface area (Å²) >= 11 is 4.88. The number of carbonyl (C=O) groups excluding carboxylic acids is 2. The van der Waals surface area contributed by atoms with E-state index in [0.717, 1.165) is 5.52 Å². The number of hydrogen-bond acceptors (Lipinski definition) is 5. The number of nitrogens with one attached hydrogen (secondary N) is 2. The van der Waals surface area contributed by atoms with Crippen LogP contribution in [-0.4, -0.2) is 29.5 Å². The number of ether oxygens (including phenoxy) is 1. The van der Waals surface area contributed by atoms with Gasteiger partial charge in [0.25, 0.3) is 10.7 Å². The summed E-state index contributed by atoms with van der Waals surface area (Å²) in [6.07, 6.45) is -0.0183. The average molecular weight is 308 g/mol. The third-order valence-electron chi connectivity index (χ3n) is 2.67. The fraction of sp³-hybridized carbons (Fsp3) is 0.357. The van der Waals surface area contributed by atoms with E-state index in [1.54, 1.807) is 32.0 Å². The molecule has 1 heterocycles. The molecule has 2 aromatic rings. The van der Waals surface area contributed by atoms with Crippen LogP contribution in [-0.2, 0) is 9.53 Å². The van der Waals surface area contributed by atoms with Gasteiger partial charge in [0.1, 0.15) is 0 Å². The van der Waals surface area contributed by atoms with Crippen LogP contribution >= 0.6 is 12.2 Å². The number of benzene rings is 1. The Morgan fingerprint density at radius 2 is 2.19 bits per heavy atom. The Kier molecular flexibility index (Phi) is 4.74. The molecule has 1 aromatic carbocycles. The quantitative estimate of drug-likeness (QED) is 0.655. The molecular formula is C14H16N2O4S. The van der Waals surface area contributed by atoms with Gasteiger partial charge >= 0.3 is 5.97 Å². The zero-order valence-corrected chi connectivity index (χ0v) is 12.6. The molecule has 6 nitrogen and oxygen atoms in total. The summed E-state index contributed by atoms with van der Waals surface area (Å²) in [5.41, 5.74) is 1.70. The second kappa shape index (κ2) is 6.53. The van der Waals surface area contributed by atoms with Crippen LogP contribution in [0.1, 0.15) is 30.6 Å². The topological polar surface area (TPSA) is 84.3 Å². The van der Waals surface area contributed by atoms with Crippen molar-refractivity contribution in [1.29, 1.82) is 0 Å². The van der Waals surface area contributed by atoms with E-state index in [9.17, 15) is 9.59 Å². The molecule has 21 heavy (non-hydrogen) atoms. The Balaban J connectivity index is 1.93. The highest BCUT2D eigenvalue weighted by Gasteiger charge is 2.10. The molecule has 2 rings (SSSR count). The molecule has 0 atom stereocenters. The van der Waals surface area contributed by atoms with E-state index in [1.807, 2.05) is 0 Å². The SMILES string of the molecule is CC(C)OC(=O)CCNC(=O)c1ccc2[nH]c(=S)oc2c1. The van der Waals surface area contributed by atoms with E-state index in [4.69, 9.17) is 21.4 Å². The molecule has 2 N–H and O–H groups in total. The maximum Gasteiger partial charge on any atom is 0.307 e. The van der Waals surface area contributed by atoms with Gasteiger partial charge in [0.05, 0.1) is 18.0 Å². The first-order chi connectivity index (χ1) is 9.95. The highest BCUT2D eigenvalue weighted by Crippen LogP contribution is 2.15. The molecular weight excluding hydrogens is 292 g/mol. The Morgan fingerprint density at radius 1 is 1.43 bits per heavy atom. The molecule has 0 bridgehead atoms. The van der Waals surface area contributed by atoms with Crippen molar-refractivity contribution in [2.75, 3.05) is 6.54 Å². The number of carbonyl (C=O) groups is 2. The predicted molar refractivity (Wildman–Crippen MR) is 79.6 cm³/mol. The fourth-order valence-corrected chi connectivity index (χ4v) is 1.99. The van der Waals surface area contributed by atoms with Crippen molar-refractivity contribution in [2.45, 2.75) is 26.4 Å². The van der Waals surface area contributed by atoms with E-state index in [2.05, 4.69) is 10.3 Å². The first kappa shape index (κ1) is 15.2. The summed E-state index contributed by atoms with van der Waals surface area (Å²) in [6, 6.07) is 4.98. The molecule has 0 unspecified atom stereocenters. The Bertz CT molecular complexity index is 717. The molecule has 7 heteroatoms. The molecule has 0 fully saturated rings.